The zero-order valence-corrected chi connectivity index (χ0v) is 9.50. The number of halogens is 2. The Kier molecular flexibility index (Phi) is 2.75. The van der Waals surface area contributed by atoms with Gasteiger partial charge in [0.05, 0.1) is 0 Å². The van der Waals surface area contributed by atoms with Crippen molar-refractivity contribution in [2.45, 2.75) is 12.5 Å². The molecule has 0 spiro atoms. The Morgan fingerprint density at radius 2 is 2.20 bits per heavy atom. The van der Waals surface area contributed by atoms with E-state index in [1.54, 1.807) is 6.07 Å². The summed E-state index contributed by atoms with van der Waals surface area (Å²) in [5, 5.41) is 0. The highest BCUT2D eigenvalue weighted by Crippen LogP contribution is 2.25. The van der Waals surface area contributed by atoms with Crippen molar-refractivity contribution < 1.29 is 9.18 Å². The second kappa shape index (κ2) is 3.90. The second-order valence-electron chi connectivity index (χ2n) is 3.60. The van der Waals surface area contributed by atoms with Crippen LogP contribution in [0.2, 0.25) is 0 Å². The number of hydrogen-bond donors (Lipinski definition) is 1. The fourth-order valence-corrected chi connectivity index (χ4v) is 2.13. The Labute approximate surface area is 95.2 Å². The second-order valence-corrected chi connectivity index (χ2v) is 4.51. The largest absolute Gasteiger partial charge is 0.326 e. The molecule has 5 heteroatoms. The van der Waals surface area contributed by atoms with Crippen LogP contribution in [0.15, 0.2) is 22.7 Å². The van der Waals surface area contributed by atoms with Gasteiger partial charge in [0.25, 0.3) is 0 Å². The maximum Gasteiger partial charge on any atom is 0.228 e. The number of amides is 1. The van der Waals surface area contributed by atoms with Crippen LogP contribution in [0.3, 0.4) is 0 Å². The SMILES string of the molecule is NC1CC(=O)N(c2cc(F)cc(Br)c2)C1. The van der Waals surface area contributed by atoms with Gasteiger partial charge in [-0.15, -0.1) is 0 Å². The molecular weight excluding hydrogens is 263 g/mol. The van der Waals surface area contributed by atoms with E-state index in [9.17, 15) is 9.18 Å². The molecular formula is C10H10BrFN2O. The van der Waals surface area contributed by atoms with E-state index in [0.29, 0.717) is 23.1 Å². The first-order chi connectivity index (χ1) is 7.06. The summed E-state index contributed by atoms with van der Waals surface area (Å²) < 4.78 is 13.7. The van der Waals surface area contributed by atoms with E-state index >= 15 is 0 Å². The van der Waals surface area contributed by atoms with Crippen LogP contribution < -0.4 is 10.6 Å². The van der Waals surface area contributed by atoms with Crippen LogP contribution in [0.1, 0.15) is 6.42 Å². The number of anilines is 1. The Bertz CT molecular complexity index is 390. The van der Waals surface area contributed by atoms with Gasteiger partial charge in [0.1, 0.15) is 5.82 Å². The van der Waals surface area contributed by atoms with Crippen molar-refractivity contribution in [3.63, 3.8) is 0 Å². The number of rotatable bonds is 1. The predicted octanol–water partition coefficient (Wildman–Crippen LogP) is 1.65. The number of nitrogens with two attached hydrogens (primary N) is 1. The molecule has 1 aliphatic heterocycles. The zero-order chi connectivity index (χ0) is 11.0. The van der Waals surface area contributed by atoms with Crippen LogP contribution in [0.5, 0.6) is 0 Å². The highest BCUT2D eigenvalue weighted by Gasteiger charge is 2.28. The van der Waals surface area contributed by atoms with Gasteiger partial charge in [-0.25, -0.2) is 4.39 Å². The maximum absolute atomic E-state index is 13.1. The molecule has 1 aromatic carbocycles. The molecule has 1 unspecified atom stereocenters. The number of carbonyl (C=O) groups excluding carboxylic acids is 1. The summed E-state index contributed by atoms with van der Waals surface area (Å²) >= 11 is 3.19. The van der Waals surface area contributed by atoms with Gasteiger partial charge in [-0.1, -0.05) is 15.9 Å². The van der Waals surface area contributed by atoms with E-state index in [-0.39, 0.29) is 17.8 Å². The molecule has 1 saturated heterocycles. The van der Waals surface area contributed by atoms with E-state index in [0.717, 1.165) is 0 Å². The first kappa shape index (κ1) is 10.6. The van der Waals surface area contributed by atoms with Crippen LogP contribution >= 0.6 is 15.9 Å². The number of nitrogens with zero attached hydrogens (tertiary/aromatic N) is 1. The first-order valence-electron chi connectivity index (χ1n) is 4.58. The fraction of sp³-hybridized carbons (Fsp3) is 0.300. The Hall–Kier alpha value is -0.940. The third-order valence-corrected chi connectivity index (χ3v) is 2.77. The lowest BCUT2D eigenvalue weighted by Gasteiger charge is -2.16. The van der Waals surface area contributed by atoms with Gasteiger partial charge in [0.15, 0.2) is 0 Å². The van der Waals surface area contributed by atoms with Gasteiger partial charge in [-0.3, -0.25) is 4.79 Å². The minimum absolute atomic E-state index is 0.0556. The Balaban J connectivity index is 2.33. The lowest BCUT2D eigenvalue weighted by Crippen LogP contribution is -2.28. The topological polar surface area (TPSA) is 46.3 Å². The summed E-state index contributed by atoms with van der Waals surface area (Å²) in [5.74, 6) is -0.423. The molecule has 15 heavy (non-hydrogen) atoms. The van der Waals surface area contributed by atoms with E-state index in [1.165, 1.54) is 17.0 Å². The van der Waals surface area contributed by atoms with Gasteiger partial charge in [-0.2, -0.15) is 0 Å². The quantitative estimate of drug-likeness (QED) is 0.845. The molecule has 80 valence electrons. The van der Waals surface area contributed by atoms with Crippen molar-refractivity contribution in [2.75, 3.05) is 11.4 Å². The number of carbonyl (C=O) groups is 1. The van der Waals surface area contributed by atoms with Gasteiger partial charge >= 0.3 is 0 Å². The number of hydrogen-bond acceptors (Lipinski definition) is 2. The standard InChI is InChI=1S/C10H10BrFN2O/c11-6-1-7(12)3-9(2-6)14-5-8(13)4-10(14)15/h1-3,8H,4-5,13H2. The minimum Gasteiger partial charge on any atom is -0.326 e. The smallest absolute Gasteiger partial charge is 0.228 e. The molecule has 0 bridgehead atoms. The Morgan fingerprint density at radius 1 is 1.47 bits per heavy atom. The molecule has 1 aliphatic rings. The van der Waals surface area contributed by atoms with Crippen LogP contribution in [0.4, 0.5) is 10.1 Å². The summed E-state index contributed by atoms with van der Waals surface area (Å²) in [6.45, 7) is 0.453. The molecule has 2 N–H and O–H groups in total. The molecule has 0 radical (unpaired) electrons. The lowest BCUT2D eigenvalue weighted by atomic mass is 10.3. The molecule has 1 amide bonds. The minimum atomic E-state index is -0.368. The third-order valence-electron chi connectivity index (χ3n) is 2.31. The molecule has 1 heterocycles. The van der Waals surface area contributed by atoms with Crippen LogP contribution in [-0.4, -0.2) is 18.5 Å². The monoisotopic (exact) mass is 272 g/mol. The molecule has 0 aromatic heterocycles. The highest BCUT2D eigenvalue weighted by molar-refractivity contribution is 9.10. The molecule has 1 fully saturated rings. The average molecular weight is 273 g/mol. The maximum atomic E-state index is 13.1. The third kappa shape index (κ3) is 2.18. The van der Waals surface area contributed by atoms with Crippen molar-refractivity contribution in [1.29, 1.82) is 0 Å². The molecule has 0 aliphatic carbocycles. The molecule has 0 saturated carbocycles. The lowest BCUT2D eigenvalue weighted by molar-refractivity contribution is -0.117. The Morgan fingerprint density at radius 3 is 2.73 bits per heavy atom. The van der Waals surface area contributed by atoms with Crippen LogP contribution in [0, 0.1) is 5.82 Å². The summed E-state index contributed by atoms with van der Waals surface area (Å²) in [5.41, 5.74) is 6.22. The predicted molar refractivity (Wildman–Crippen MR) is 59.0 cm³/mol. The van der Waals surface area contributed by atoms with Crippen molar-refractivity contribution in [1.82, 2.24) is 0 Å². The van der Waals surface area contributed by atoms with Crippen molar-refractivity contribution in [3.8, 4) is 0 Å². The van der Waals surface area contributed by atoms with Crippen LogP contribution in [-0.2, 0) is 4.79 Å². The summed E-state index contributed by atoms with van der Waals surface area (Å²) in [6, 6.07) is 4.24. The van der Waals surface area contributed by atoms with Gasteiger partial charge < -0.3 is 10.6 Å². The first-order valence-corrected chi connectivity index (χ1v) is 5.37. The van der Waals surface area contributed by atoms with Gasteiger partial charge in [0, 0.05) is 29.2 Å². The molecule has 3 nitrogen and oxygen atoms in total. The van der Waals surface area contributed by atoms with E-state index in [4.69, 9.17) is 5.73 Å². The summed E-state index contributed by atoms with van der Waals surface area (Å²) in [6.07, 6.45) is 0.328. The summed E-state index contributed by atoms with van der Waals surface area (Å²) in [4.78, 5) is 13.0. The molecule has 1 aromatic rings. The average Bonchev–Trinajstić information content (AvgIpc) is 2.43. The van der Waals surface area contributed by atoms with Crippen molar-refractivity contribution >= 4 is 27.5 Å². The summed E-state index contributed by atoms with van der Waals surface area (Å²) in [7, 11) is 0. The highest BCUT2D eigenvalue weighted by atomic mass is 79.9. The number of benzene rings is 1. The molecule has 2 rings (SSSR count). The van der Waals surface area contributed by atoms with Gasteiger partial charge in [0.2, 0.25) is 5.91 Å². The van der Waals surface area contributed by atoms with Crippen molar-refractivity contribution in [3.05, 3.63) is 28.5 Å². The fourth-order valence-electron chi connectivity index (χ4n) is 1.68. The van der Waals surface area contributed by atoms with Crippen LogP contribution in [0.25, 0.3) is 0 Å². The van der Waals surface area contributed by atoms with Crippen molar-refractivity contribution in [2.24, 2.45) is 5.73 Å². The molecule has 1 atom stereocenters. The van der Waals surface area contributed by atoms with Gasteiger partial charge in [-0.05, 0) is 18.2 Å². The van der Waals surface area contributed by atoms with E-state index in [1.807, 2.05) is 0 Å². The normalized spacial score (nSPS) is 21.1. The van der Waals surface area contributed by atoms with E-state index in [2.05, 4.69) is 15.9 Å². The van der Waals surface area contributed by atoms with E-state index < -0.39 is 0 Å². The zero-order valence-electron chi connectivity index (χ0n) is 7.91.